The van der Waals surface area contributed by atoms with E-state index < -0.39 is 6.71 Å². The van der Waals surface area contributed by atoms with Crippen molar-refractivity contribution in [2.45, 2.75) is 52.4 Å². The molecule has 4 aromatic heterocycles. The Bertz CT molecular complexity index is 4150. The van der Waals surface area contributed by atoms with E-state index in [1.54, 1.807) is 0 Å². The van der Waals surface area contributed by atoms with Crippen LogP contribution in [0.25, 0.3) is 88.8 Å². The Morgan fingerprint density at radius 3 is 1.19 bits per heavy atom. The van der Waals surface area contributed by atoms with E-state index in [-0.39, 0.29) is 10.8 Å². The molecule has 0 amide bonds. The minimum absolute atomic E-state index is 0.120. The van der Waals surface area contributed by atoms with Gasteiger partial charge < -0.3 is 27.5 Å². The summed E-state index contributed by atoms with van der Waals surface area (Å²) in [5.74, 6) is 1.64. The lowest BCUT2D eigenvalue weighted by molar-refractivity contribution is 0.590. The number of hydrogen-bond acceptors (Lipinski definition) is 6. The summed E-state index contributed by atoms with van der Waals surface area (Å²) in [4.78, 5) is 4.94. The lowest BCUT2D eigenvalue weighted by atomic mass is 9.37. The van der Waals surface area contributed by atoms with E-state index in [2.05, 4.69) is 239 Å². The van der Waals surface area contributed by atoms with Gasteiger partial charge in [-0.25, -0.2) is 0 Å². The van der Waals surface area contributed by atoms with E-state index >= 15 is 0 Å². The number of benzene rings is 9. The zero-order valence-corrected chi connectivity index (χ0v) is 43.8. The van der Waals surface area contributed by atoms with E-state index in [0.29, 0.717) is 0 Å². The van der Waals surface area contributed by atoms with Gasteiger partial charge in [0.05, 0.1) is 22.7 Å². The fourth-order valence-electron chi connectivity index (χ4n) is 12.1. The first-order valence-corrected chi connectivity index (χ1v) is 26.7. The summed E-state index contributed by atoms with van der Waals surface area (Å²) in [5, 5.41) is 4.23. The smallest absolute Gasteiger partial charge is 0.342 e. The third-order valence-corrected chi connectivity index (χ3v) is 16.0. The van der Waals surface area contributed by atoms with Crippen molar-refractivity contribution in [2.24, 2.45) is 0 Å². The Kier molecular flexibility index (Phi) is 9.78. The van der Waals surface area contributed by atoms with Crippen LogP contribution in [-0.4, -0.2) is 6.71 Å². The molecule has 0 spiro atoms. The predicted molar refractivity (Wildman–Crippen MR) is 319 cm³/mol. The van der Waals surface area contributed by atoms with Gasteiger partial charge in [0, 0.05) is 55.2 Å². The van der Waals surface area contributed by atoms with Gasteiger partial charge in [-0.05, 0) is 136 Å². The first kappa shape index (κ1) is 45.2. The van der Waals surface area contributed by atoms with Crippen molar-refractivity contribution in [3.05, 3.63) is 223 Å². The molecule has 0 unspecified atom stereocenters. The summed E-state index contributed by atoms with van der Waals surface area (Å²) in [6.07, 6.45) is 0. The second-order valence-electron chi connectivity index (χ2n) is 22.9. The second kappa shape index (κ2) is 16.7. The molecule has 13 aromatic rings. The zero-order valence-electron chi connectivity index (χ0n) is 43.8. The van der Waals surface area contributed by atoms with Crippen LogP contribution in [0.3, 0.4) is 0 Å². The van der Waals surface area contributed by atoms with Crippen LogP contribution < -0.4 is 26.6 Å². The van der Waals surface area contributed by atoms with Crippen molar-refractivity contribution in [3.63, 3.8) is 0 Å². The summed E-state index contributed by atoms with van der Waals surface area (Å²) in [6.45, 7) is 13.3. The van der Waals surface area contributed by atoms with E-state index in [1.807, 2.05) is 24.3 Å². The van der Waals surface area contributed by atoms with E-state index in [4.69, 9.17) is 17.7 Å². The van der Waals surface area contributed by atoms with Crippen LogP contribution in [-0.2, 0) is 10.8 Å². The average Bonchev–Trinajstić information content (AvgIpc) is 4.37. The number of fused-ring (bicyclic) bond motifs is 10. The maximum Gasteiger partial charge on any atom is 0.342 e. The molecular formula is C70H53BN2O4. The van der Waals surface area contributed by atoms with Crippen LogP contribution in [0.5, 0.6) is 0 Å². The third-order valence-electron chi connectivity index (χ3n) is 16.0. The van der Waals surface area contributed by atoms with Crippen molar-refractivity contribution in [2.75, 3.05) is 9.80 Å². The van der Waals surface area contributed by atoms with Crippen molar-refractivity contribution in [1.82, 2.24) is 0 Å². The standard InChI is InChI=1S/C70H53BN2O4/c1-69(2,3)48-30-34-60-52(40-48)65-67(76-60)71-64-56(72(65)54-32-28-46(36-50(54)42-18-9-7-10-19-42)62-38-44-22-13-15-26-58(44)74-62)24-17-25-57(64)73(66-53-41-49(70(4,5)6)31-35-61(53)77-68(66)71)55-33-29-47(37-51(55)43-20-11-8-12-21-43)63-39-45-23-14-16-27-59(45)75-63/h7-41H,1-6H3. The molecule has 15 rings (SSSR count). The number of hydrogen-bond donors (Lipinski definition) is 0. The van der Waals surface area contributed by atoms with Crippen LogP contribution in [0.15, 0.2) is 230 Å². The first-order valence-electron chi connectivity index (χ1n) is 26.7. The van der Waals surface area contributed by atoms with Gasteiger partial charge in [-0.15, -0.1) is 0 Å². The maximum atomic E-state index is 7.44. The Labute approximate surface area is 447 Å². The van der Waals surface area contributed by atoms with Gasteiger partial charge >= 0.3 is 6.71 Å². The van der Waals surface area contributed by atoms with Crippen LogP contribution in [0.2, 0.25) is 0 Å². The van der Waals surface area contributed by atoms with Gasteiger partial charge in [0.25, 0.3) is 0 Å². The number of rotatable bonds is 6. The van der Waals surface area contributed by atoms with E-state index in [0.717, 1.165) is 140 Å². The minimum atomic E-state index is -0.403. The SMILES string of the molecule is CC(C)(C)c1ccc2oc3c(c2c1)N(c1ccc(-c2cc4ccccc4o2)cc1-c1ccccc1)c1cccc2c1B3c1oc3ccc(C(C)(C)C)cc3c1N2c1ccc(-c2cc3ccccc3o2)cc1-c1ccccc1. The first-order chi connectivity index (χ1) is 37.4. The summed E-state index contributed by atoms with van der Waals surface area (Å²) >= 11 is 0. The molecule has 0 saturated carbocycles. The van der Waals surface area contributed by atoms with Crippen LogP contribution >= 0.6 is 0 Å². The second-order valence-corrected chi connectivity index (χ2v) is 22.9. The zero-order chi connectivity index (χ0) is 51.9. The molecule has 0 fully saturated rings. The summed E-state index contributed by atoms with van der Waals surface area (Å²) in [7, 11) is 0. The molecule has 6 heterocycles. The molecule has 7 heteroatoms. The highest BCUT2D eigenvalue weighted by Crippen LogP contribution is 2.53. The number of para-hydroxylation sites is 2. The van der Waals surface area contributed by atoms with Crippen LogP contribution in [0.1, 0.15) is 52.7 Å². The minimum Gasteiger partial charge on any atom is -0.468 e. The molecule has 9 aromatic carbocycles. The van der Waals surface area contributed by atoms with Gasteiger partial charge in [0.15, 0.2) is 0 Å². The Morgan fingerprint density at radius 1 is 0.338 bits per heavy atom. The monoisotopic (exact) mass is 996 g/mol. The average molecular weight is 997 g/mol. The highest BCUT2D eigenvalue weighted by atomic mass is 16.4. The molecule has 2 aliphatic rings. The summed E-state index contributed by atoms with van der Waals surface area (Å²) < 4.78 is 28.0. The fraction of sp³-hybridized carbons (Fsp3) is 0.114. The quantitative estimate of drug-likeness (QED) is 0.155. The molecule has 2 aliphatic heterocycles. The van der Waals surface area contributed by atoms with Crippen LogP contribution in [0, 0.1) is 0 Å². The van der Waals surface area contributed by atoms with Gasteiger partial charge in [0.1, 0.15) is 45.2 Å². The Morgan fingerprint density at radius 2 is 0.766 bits per heavy atom. The van der Waals surface area contributed by atoms with E-state index in [9.17, 15) is 0 Å². The van der Waals surface area contributed by atoms with Gasteiger partial charge in [-0.2, -0.15) is 0 Å². The molecule has 0 radical (unpaired) electrons. The Hall–Kier alpha value is -9.20. The molecule has 0 N–H and O–H groups in total. The topological polar surface area (TPSA) is 59.0 Å². The molecule has 77 heavy (non-hydrogen) atoms. The maximum absolute atomic E-state index is 7.44. The van der Waals surface area contributed by atoms with Crippen molar-refractivity contribution >= 4 is 101 Å². The largest absolute Gasteiger partial charge is 0.468 e. The molecule has 0 atom stereocenters. The van der Waals surface area contributed by atoms with Gasteiger partial charge in [0.2, 0.25) is 0 Å². The van der Waals surface area contributed by atoms with Crippen molar-refractivity contribution in [3.8, 4) is 44.9 Å². The van der Waals surface area contributed by atoms with E-state index in [1.165, 1.54) is 11.1 Å². The highest BCUT2D eigenvalue weighted by Gasteiger charge is 2.50. The molecule has 370 valence electrons. The third kappa shape index (κ3) is 7.10. The lowest BCUT2D eigenvalue weighted by Gasteiger charge is -2.41. The normalized spacial score (nSPS) is 13.2. The fourth-order valence-corrected chi connectivity index (χ4v) is 12.1. The summed E-state index contributed by atoms with van der Waals surface area (Å²) in [5.41, 5.74) is 20.8. The van der Waals surface area contributed by atoms with Gasteiger partial charge in [-0.3, -0.25) is 0 Å². The Balaban J connectivity index is 1.04. The molecule has 6 nitrogen and oxygen atoms in total. The lowest BCUT2D eigenvalue weighted by Crippen LogP contribution is -2.60. The van der Waals surface area contributed by atoms with Crippen LogP contribution in [0.4, 0.5) is 34.1 Å². The van der Waals surface area contributed by atoms with Crippen molar-refractivity contribution < 1.29 is 17.7 Å². The number of furan rings is 4. The number of nitrogens with zero attached hydrogens (tertiary/aromatic N) is 2. The summed E-state index contributed by atoms with van der Waals surface area (Å²) in [6, 6.07) is 76.0. The van der Waals surface area contributed by atoms with Crippen molar-refractivity contribution in [1.29, 1.82) is 0 Å². The molecule has 0 aliphatic carbocycles. The molecule has 0 bridgehead atoms. The highest BCUT2D eigenvalue weighted by molar-refractivity contribution is 6.99. The molecular weight excluding hydrogens is 944 g/mol. The predicted octanol–water partition coefficient (Wildman–Crippen LogP) is 18.0. The van der Waals surface area contributed by atoms with Gasteiger partial charge in [-0.1, -0.05) is 157 Å². The molecule has 0 saturated heterocycles. The number of anilines is 6.